The summed E-state index contributed by atoms with van der Waals surface area (Å²) in [5, 5.41) is 0. The van der Waals surface area contributed by atoms with E-state index in [0.29, 0.717) is 7.14 Å². The Morgan fingerprint density at radius 3 is 2.69 bits per heavy atom. The van der Waals surface area contributed by atoms with Crippen molar-refractivity contribution in [1.82, 2.24) is 4.98 Å². The van der Waals surface area contributed by atoms with Gasteiger partial charge in [-0.05, 0) is 52.1 Å². The molecule has 16 heavy (non-hydrogen) atoms. The summed E-state index contributed by atoms with van der Waals surface area (Å²) in [6.07, 6.45) is -1.48. The molecule has 1 rings (SSSR count). The van der Waals surface area contributed by atoms with Crippen LogP contribution < -0.4 is 0 Å². The van der Waals surface area contributed by atoms with Crippen LogP contribution in [0.2, 0.25) is 0 Å². The third-order valence-electron chi connectivity index (χ3n) is 1.69. The zero-order valence-corrected chi connectivity index (χ0v) is 12.5. The van der Waals surface area contributed by atoms with Crippen molar-refractivity contribution in [3.8, 4) is 0 Å². The van der Waals surface area contributed by atoms with Crippen molar-refractivity contribution < 1.29 is 18.3 Å². The van der Waals surface area contributed by atoms with Gasteiger partial charge in [-0.15, -0.1) is 0 Å². The van der Waals surface area contributed by atoms with Gasteiger partial charge >= 0.3 is 5.97 Å². The topological polar surface area (TPSA) is 39.2 Å². The largest absolute Gasteiger partial charge is 0.462 e. The summed E-state index contributed by atoms with van der Waals surface area (Å²) in [5.41, 5.74) is -0.660. The Morgan fingerprint density at radius 2 is 2.19 bits per heavy atom. The maximum atomic E-state index is 12.7. The lowest BCUT2D eigenvalue weighted by molar-refractivity contribution is 0.0512. The first-order chi connectivity index (χ1) is 7.49. The zero-order valence-electron chi connectivity index (χ0n) is 8.14. The van der Waals surface area contributed by atoms with Crippen LogP contribution in [0.1, 0.15) is 29.4 Å². The average Bonchev–Trinajstić information content (AvgIpc) is 2.21. The number of halogens is 4. The van der Waals surface area contributed by atoms with E-state index in [1.165, 1.54) is 6.20 Å². The number of rotatable bonds is 3. The SMILES string of the molecule is CCOC(=O)c1c(C(F)F)ncc(I)c1I. The molecule has 0 saturated carbocycles. The molecule has 3 nitrogen and oxygen atoms in total. The van der Waals surface area contributed by atoms with Crippen LogP contribution in [0.25, 0.3) is 0 Å². The molecule has 0 atom stereocenters. The van der Waals surface area contributed by atoms with Crippen molar-refractivity contribution in [3.05, 3.63) is 24.6 Å². The summed E-state index contributed by atoms with van der Waals surface area (Å²) < 4.78 is 31.2. The predicted octanol–water partition coefficient (Wildman–Crippen LogP) is 3.41. The second kappa shape index (κ2) is 6.03. The second-order valence-corrected chi connectivity index (χ2v) is 4.94. The lowest BCUT2D eigenvalue weighted by Gasteiger charge is -2.10. The highest BCUT2D eigenvalue weighted by atomic mass is 127. The fraction of sp³-hybridized carbons (Fsp3) is 0.333. The highest BCUT2D eigenvalue weighted by molar-refractivity contribution is 14.1. The molecule has 0 saturated heterocycles. The van der Waals surface area contributed by atoms with Gasteiger partial charge in [-0.1, -0.05) is 0 Å². The van der Waals surface area contributed by atoms with E-state index < -0.39 is 18.1 Å². The van der Waals surface area contributed by atoms with Crippen molar-refractivity contribution in [2.45, 2.75) is 13.3 Å². The van der Waals surface area contributed by atoms with Crippen LogP contribution in [0.4, 0.5) is 8.78 Å². The van der Waals surface area contributed by atoms with Gasteiger partial charge in [0.1, 0.15) is 11.3 Å². The van der Waals surface area contributed by atoms with Gasteiger partial charge in [-0.3, -0.25) is 4.98 Å². The fourth-order valence-corrected chi connectivity index (χ4v) is 2.09. The first-order valence-electron chi connectivity index (χ1n) is 4.28. The molecule has 0 fully saturated rings. The first-order valence-corrected chi connectivity index (χ1v) is 6.44. The summed E-state index contributed by atoms with van der Waals surface area (Å²) >= 11 is 3.77. The predicted molar refractivity (Wildman–Crippen MR) is 70.6 cm³/mol. The van der Waals surface area contributed by atoms with Gasteiger partial charge in [-0.25, -0.2) is 13.6 Å². The van der Waals surface area contributed by atoms with Crippen LogP contribution >= 0.6 is 45.2 Å². The Labute approximate surface area is 118 Å². The molecule has 0 amide bonds. The van der Waals surface area contributed by atoms with E-state index in [1.54, 1.807) is 6.92 Å². The lowest BCUT2D eigenvalue weighted by atomic mass is 10.2. The summed E-state index contributed by atoms with van der Waals surface area (Å²) in [5.74, 6) is -0.756. The molecule has 0 N–H and O–H groups in total. The van der Waals surface area contributed by atoms with Crippen molar-refractivity contribution in [3.63, 3.8) is 0 Å². The van der Waals surface area contributed by atoms with E-state index in [4.69, 9.17) is 4.74 Å². The number of carbonyl (C=O) groups is 1. The van der Waals surface area contributed by atoms with E-state index in [0.717, 1.165) is 0 Å². The molecule has 0 bridgehead atoms. The highest BCUT2D eigenvalue weighted by Gasteiger charge is 2.25. The maximum absolute atomic E-state index is 12.7. The fourth-order valence-electron chi connectivity index (χ4n) is 1.04. The van der Waals surface area contributed by atoms with Gasteiger partial charge in [-0.2, -0.15) is 0 Å². The number of hydrogen-bond acceptors (Lipinski definition) is 3. The summed E-state index contributed by atoms with van der Waals surface area (Å²) in [6.45, 7) is 1.76. The molecule has 88 valence electrons. The van der Waals surface area contributed by atoms with Crippen LogP contribution in [0.3, 0.4) is 0 Å². The number of carbonyl (C=O) groups excluding carboxylic acids is 1. The van der Waals surface area contributed by atoms with E-state index in [-0.39, 0.29) is 12.2 Å². The molecule has 0 radical (unpaired) electrons. The normalized spacial score (nSPS) is 10.6. The van der Waals surface area contributed by atoms with Crippen LogP contribution in [0.15, 0.2) is 6.20 Å². The van der Waals surface area contributed by atoms with E-state index >= 15 is 0 Å². The van der Waals surface area contributed by atoms with Gasteiger partial charge in [0, 0.05) is 13.3 Å². The molecular formula is C9H7F2I2NO2. The molecule has 1 aromatic heterocycles. The number of aromatic nitrogens is 1. The molecule has 0 unspecified atom stereocenters. The number of nitrogens with zero attached hydrogens (tertiary/aromatic N) is 1. The van der Waals surface area contributed by atoms with Gasteiger partial charge in [0.05, 0.1) is 6.61 Å². The van der Waals surface area contributed by atoms with Gasteiger partial charge in [0.15, 0.2) is 0 Å². The maximum Gasteiger partial charge on any atom is 0.341 e. The van der Waals surface area contributed by atoms with Crippen LogP contribution in [-0.2, 0) is 4.74 Å². The molecule has 0 aliphatic rings. The Bertz CT molecular complexity index is 413. The number of esters is 1. The Morgan fingerprint density at radius 1 is 1.56 bits per heavy atom. The molecule has 0 aromatic carbocycles. The second-order valence-electron chi connectivity index (χ2n) is 2.70. The third kappa shape index (κ3) is 2.99. The summed E-state index contributed by atoms with van der Waals surface area (Å²) in [6, 6.07) is 0. The highest BCUT2D eigenvalue weighted by Crippen LogP contribution is 2.28. The zero-order chi connectivity index (χ0) is 12.3. The summed E-state index contributed by atoms with van der Waals surface area (Å²) in [4.78, 5) is 15.1. The first kappa shape index (κ1) is 14.0. The van der Waals surface area contributed by atoms with Gasteiger partial charge < -0.3 is 4.74 Å². The number of hydrogen-bond donors (Lipinski definition) is 0. The van der Waals surface area contributed by atoms with Crippen molar-refractivity contribution in [2.24, 2.45) is 0 Å². The molecule has 0 spiro atoms. The Hall–Kier alpha value is -0.0600. The minimum Gasteiger partial charge on any atom is -0.462 e. The third-order valence-corrected chi connectivity index (χ3v) is 4.66. The van der Waals surface area contributed by atoms with E-state index in [9.17, 15) is 13.6 Å². The molecule has 0 aliphatic carbocycles. The number of ether oxygens (including phenoxy) is 1. The van der Waals surface area contributed by atoms with Crippen LogP contribution in [0.5, 0.6) is 0 Å². The minimum atomic E-state index is -2.79. The Kier molecular flexibility index (Phi) is 5.28. The van der Waals surface area contributed by atoms with Crippen molar-refractivity contribution in [1.29, 1.82) is 0 Å². The molecule has 7 heteroatoms. The van der Waals surface area contributed by atoms with Crippen molar-refractivity contribution >= 4 is 51.2 Å². The van der Waals surface area contributed by atoms with Crippen LogP contribution in [-0.4, -0.2) is 17.6 Å². The smallest absolute Gasteiger partial charge is 0.341 e. The van der Waals surface area contributed by atoms with Gasteiger partial charge in [0.25, 0.3) is 6.43 Å². The standard InChI is InChI=1S/C9H7F2I2NO2/c1-2-16-9(15)5-6(13)4(12)3-14-7(5)8(10)11/h3,8H,2H2,1H3. The van der Waals surface area contributed by atoms with Crippen molar-refractivity contribution in [2.75, 3.05) is 6.61 Å². The number of pyridine rings is 1. The molecule has 0 aliphatic heterocycles. The molecular weight excluding hydrogens is 446 g/mol. The summed E-state index contributed by atoms with van der Waals surface area (Å²) in [7, 11) is 0. The molecule has 1 heterocycles. The molecule has 1 aromatic rings. The lowest BCUT2D eigenvalue weighted by Crippen LogP contribution is -2.13. The Balaban J connectivity index is 3.31. The average molecular weight is 453 g/mol. The van der Waals surface area contributed by atoms with Crippen LogP contribution in [0, 0.1) is 7.14 Å². The monoisotopic (exact) mass is 453 g/mol. The quantitative estimate of drug-likeness (QED) is 0.521. The van der Waals surface area contributed by atoms with E-state index in [2.05, 4.69) is 4.98 Å². The van der Waals surface area contributed by atoms with E-state index in [1.807, 2.05) is 45.2 Å². The van der Waals surface area contributed by atoms with Gasteiger partial charge in [0.2, 0.25) is 0 Å². The minimum absolute atomic E-state index is 0.135. The number of alkyl halides is 2.